The van der Waals surface area contributed by atoms with E-state index in [0.29, 0.717) is 0 Å². The standard InChI is InChI=1S/C10H23NS/c1-3-4-5-6-7-8-9-12-10-11-2/h11H,3-10H2,1-2H3. The van der Waals surface area contributed by atoms with Crippen molar-refractivity contribution >= 4 is 11.8 Å². The van der Waals surface area contributed by atoms with Crippen molar-refractivity contribution in [2.45, 2.75) is 45.4 Å². The molecule has 0 rings (SSSR count). The van der Waals surface area contributed by atoms with Crippen molar-refractivity contribution in [1.29, 1.82) is 0 Å². The Hall–Kier alpha value is 0.310. The van der Waals surface area contributed by atoms with Crippen LogP contribution in [0.25, 0.3) is 0 Å². The Labute approximate surface area is 81.7 Å². The molecular formula is C10H23NS. The fourth-order valence-electron chi connectivity index (χ4n) is 1.16. The molecule has 0 aromatic rings. The van der Waals surface area contributed by atoms with Gasteiger partial charge < -0.3 is 5.32 Å². The molecule has 0 spiro atoms. The zero-order valence-electron chi connectivity index (χ0n) is 8.57. The van der Waals surface area contributed by atoms with Gasteiger partial charge in [-0.25, -0.2) is 0 Å². The molecule has 1 nitrogen and oxygen atoms in total. The molecule has 0 aliphatic carbocycles. The maximum atomic E-state index is 3.14. The van der Waals surface area contributed by atoms with Crippen molar-refractivity contribution in [1.82, 2.24) is 5.32 Å². The lowest BCUT2D eigenvalue weighted by molar-refractivity contribution is 0.627. The average Bonchev–Trinajstić information content (AvgIpc) is 2.10. The molecule has 0 atom stereocenters. The third-order valence-corrected chi connectivity index (χ3v) is 2.96. The van der Waals surface area contributed by atoms with Crippen LogP contribution in [0.15, 0.2) is 0 Å². The van der Waals surface area contributed by atoms with Crippen LogP contribution in [0.3, 0.4) is 0 Å². The van der Waals surface area contributed by atoms with Crippen LogP contribution in [0.2, 0.25) is 0 Å². The molecule has 12 heavy (non-hydrogen) atoms. The summed E-state index contributed by atoms with van der Waals surface area (Å²) in [6.45, 7) is 2.27. The first kappa shape index (κ1) is 12.3. The van der Waals surface area contributed by atoms with Crippen LogP contribution in [0.4, 0.5) is 0 Å². The van der Waals surface area contributed by atoms with E-state index < -0.39 is 0 Å². The zero-order valence-corrected chi connectivity index (χ0v) is 9.38. The summed E-state index contributed by atoms with van der Waals surface area (Å²) in [4.78, 5) is 0. The highest BCUT2D eigenvalue weighted by Crippen LogP contribution is 2.08. The normalized spacial score (nSPS) is 10.5. The average molecular weight is 189 g/mol. The van der Waals surface area contributed by atoms with Crippen molar-refractivity contribution < 1.29 is 0 Å². The molecule has 2 heteroatoms. The lowest BCUT2D eigenvalue weighted by Crippen LogP contribution is -2.03. The third kappa shape index (κ3) is 10.3. The largest absolute Gasteiger partial charge is 0.311 e. The molecule has 0 unspecified atom stereocenters. The second-order valence-corrected chi connectivity index (χ2v) is 4.28. The molecule has 0 saturated heterocycles. The van der Waals surface area contributed by atoms with Crippen LogP contribution < -0.4 is 5.32 Å². The summed E-state index contributed by atoms with van der Waals surface area (Å²) in [6, 6.07) is 0. The van der Waals surface area contributed by atoms with Gasteiger partial charge in [-0.2, -0.15) is 0 Å². The molecule has 74 valence electrons. The van der Waals surface area contributed by atoms with E-state index in [1.807, 2.05) is 18.8 Å². The van der Waals surface area contributed by atoms with Gasteiger partial charge in [-0.1, -0.05) is 39.0 Å². The van der Waals surface area contributed by atoms with Gasteiger partial charge in [0.25, 0.3) is 0 Å². The number of hydrogen-bond acceptors (Lipinski definition) is 2. The smallest absolute Gasteiger partial charge is 0.0415 e. The Kier molecular flexibility index (Phi) is 11.6. The van der Waals surface area contributed by atoms with Gasteiger partial charge in [-0.05, 0) is 19.2 Å². The summed E-state index contributed by atoms with van der Waals surface area (Å²) in [5.74, 6) is 2.43. The zero-order chi connectivity index (χ0) is 9.07. The molecule has 0 heterocycles. The van der Waals surface area contributed by atoms with E-state index in [-0.39, 0.29) is 0 Å². The molecule has 0 aliphatic rings. The first-order chi connectivity index (χ1) is 5.91. The van der Waals surface area contributed by atoms with Crippen LogP contribution in [0, 0.1) is 0 Å². The molecule has 0 amide bonds. The SMILES string of the molecule is CCCCCCCCSCNC. The predicted octanol–water partition coefficient (Wildman–Crippen LogP) is 3.26. The van der Waals surface area contributed by atoms with E-state index in [1.165, 1.54) is 44.3 Å². The Morgan fingerprint density at radius 3 is 2.33 bits per heavy atom. The van der Waals surface area contributed by atoms with Gasteiger partial charge in [0, 0.05) is 5.88 Å². The van der Waals surface area contributed by atoms with E-state index in [4.69, 9.17) is 0 Å². The van der Waals surface area contributed by atoms with Gasteiger partial charge in [0.05, 0.1) is 0 Å². The van der Waals surface area contributed by atoms with Crippen molar-refractivity contribution in [3.63, 3.8) is 0 Å². The lowest BCUT2D eigenvalue weighted by atomic mass is 10.1. The number of unbranched alkanes of at least 4 members (excludes halogenated alkanes) is 5. The summed E-state index contributed by atoms with van der Waals surface area (Å²) in [7, 11) is 2.01. The van der Waals surface area contributed by atoms with Crippen LogP contribution in [0.1, 0.15) is 45.4 Å². The maximum absolute atomic E-state index is 3.14. The van der Waals surface area contributed by atoms with Crippen LogP contribution in [-0.4, -0.2) is 18.7 Å². The van der Waals surface area contributed by atoms with Gasteiger partial charge in [-0.15, -0.1) is 11.8 Å². The number of hydrogen-bond donors (Lipinski definition) is 1. The maximum Gasteiger partial charge on any atom is 0.0415 e. The Morgan fingerprint density at radius 2 is 1.67 bits per heavy atom. The quantitative estimate of drug-likeness (QED) is 0.441. The molecule has 1 N–H and O–H groups in total. The van der Waals surface area contributed by atoms with E-state index in [2.05, 4.69) is 12.2 Å². The van der Waals surface area contributed by atoms with Crippen LogP contribution in [-0.2, 0) is 0 Å². The third-order valence-electron chi connectivity index (χ3n) is 1.89. The molecule has 0 aromatic carbocycles. The molecule has 0 saturated carbocycles. The molecule has 0 radical (unpaired) electrons. The predicted molar refractivity (Wildman–Crippen MR) is 59.8 cm³/mol. The molecular weight excluding hydrogens is 166 g/mol. The van der Waals surface area contributed by atoms with Gasteiger partial charge in [0.1, 0.15) is 0 Å². The van der Waals surface area contributed by atoms with Gasteiger partial charge >= 0.3 is 0 Å². The topological polar surface area (TPSA) is 12.0 Å². The Morgan fingerprint density at radius 1 is 1.00 bits per heavy atom. The van der Waals surface area contributed by atoms with E-state index >= 15 is 0 Å². The lowest BCUT2D eigenvalue weighted by Gasteiger charge is -2.00. The van der Waals surface area contributed by atoms with Crippen molar-refractivity contribution in [2.24, 2.45) is 0 Å². The molecule has 0 aromatic heterocycles. The van der Waals surface area contributed by atoms with Crippen molar-refractivity contribution in [3.05, 3.63) is 0 Å². The first-order valence-corrected chi connectivity index (χ1v) is 6.29. The van der Waals surface area contributed by atoms with E-state index in [9.17, 15) is 0 Å². The Balaban J connectivity index is 2.73. The van der Waals surface area contributed by atoms with E-state index in [1.54, 1.807) is 0 Å². The summed E-state index contributed by atoms with van der Waals surface area (Å²) in [6.07, 6.45) is 8.48. The minimum absolute atomic E-state index is 1.11. The summed E-state index contributed by atoms with van der Waals surface area (Å²) < 4.78 is 0. The number of thioether (sulfide) groups is 1. The van der Waals surface area contributed by atoms with Crippen LogP contribution in [0.5, 0.6) is 0 Å². The fourth-order valence-corrected chi connectivity index (χ4v) is 1.92. The number of nitrogens with one attached hydrogen (secondary N) is 1. The minimum Gasteiger partial charge on any atom is -0.311 e. The van der Waals surface area contributed by atoms with Gasteiger partial charge in [0.15, 0.2) is 0 Å². The molecule has 0 aliphatic heterocycles. The second-order valence-electron chi connectivity index (χ2n) is 3.17. The van der Waals surface area contributed by atoms with E-state index in [0.717, 1.165) is 5.88 Å². The van der Waals surface area contributed by atoms with Gasteiger partial charge in [-0.3, -0.25) is 0 Å². The van der Waals surface area contributed by atoms with Gasteiger partial charge in [0.2, 0.25) is 0 Å². The second kappa shape index (κ2) is 11.3. The monoisotopic (exact) mass is 189 g/mol. The Bertz CT molecular complexity index is 66.2. The van der Waals surface area contributed by atoms with Crippen molar-refractivity contribution in [2.75, 3.05) is 18.7 Å². The van der Waals surface area contributed by atoms with Crippen LogP contribution >= 0.6 is 11.8 Å². The minimum atomic E-state index is 1.11. The highest BCUT2D eigenvalue weighted by Gasteiger charge is 1.89. The molecule has 0 bridgehead atoms. The fraction of sp³-hybridized carbons (Fsp3) is 1.00. The first-order valence-electron chi connectivity index (χ1n) is 5.14. The summed E-state index contributed by atoms with van der Waals surface area (Å²) in [5, 5.41) is 3.14. The highest BCUT2D eigenvalue weighted by molar-refractivity contribution is 7.99. The molecule has 0 fully saturated rings. The summed E-state index contributed by atoms with van der Waals surface area (Å²) >= 11 is 2.01. The van der Waals surface area contributed by atoms with Crippen molar-refractivity contribution in [3.8, 4) is 0 Å². The number of rotatable bonds is 9. The summed E-state index contributed by atoms with van der Waals surface area (Å²) in [5.41, 5.74) is 0. The highest BCUT2D eigenvalue weighted by atomic mass is 32.2.